The Morgan fingerprint density at radius 3 is 3.24 bits per heavy atom. The summed E-state index contributed by atoms with van der Waals surface area (Å²) in [7, 11) is 1.84. The lowest BCUT2D eigenvalue weighted by Crippen LogP contribution is -2.39. The molecule has 2 fully saturated rings. The highest BCUT2D eigenvalue weighted by molar-refractivity contribution is 5.94. The minimum atomic E-state index is -0.0236. The Morgan fingerprint density at radius 2 is 2.47 bits per heavy atom. The minimum Gasteiger partial charge on any atom is -0.308 e. The highest BCUT2D eigenvalue weighted by atomic mass is 16.2. The van der Waals surface area contributed by atoms with Gasteiger partial charge < -0.3 is 10.6 Å². The molecular formula is C12H18N4O. The van der Waals surface area contributed by atoms with E-state index < -0.39 is 0 Å². The second-order valence-electron chi connectivity index (χ2n) is 5.10. The highest BCUT2D eigenvalue weighted by Crippen LogP contribution is 2.37. The number of carbonyl (C=O) groups is 1. The van der Waals surface area contributed by atoms with Crippen LogP contribution in [0.3, 0.4) is 0 Å². The Hall–Kier alpha value is -1.36. The fourth-order valence-electron chi connectivity index (χ4n) is 3.16. The maximum absolute atomic E-state index is 12.1. The summed E-state index contributed by atoms with van der Waals surface area (Å²) >= 11 is 0. The van der Waals surface area contributed by atoms with Gasteiger partial charge in [-0.15, -0.1) is 0 Å². The lowest BCUT2D eigenvalue weighted by atomic mass is 9.94. The number of hydrogen-bond donors (Lipinski definition) is 2. The fraction of sp³-hybridized carbons (Fsp3) is 0.667. The Balaban J connectivity index is 1.66. The average molecular weight is 234 g/mol. The van der Waals surface area contributed by atoms with Gasteiger partial charge in [0, 0.05) is 19.3 Å². The number of carbonyl (C=O) groups excluding carboxylic acids is 1. The van der Waals surface area contributed by atoms with Crippen molar-refractivity contribution in [3.8, 4) is 0 Å². The molecule has 92 valence electrons. The van der Waals surface area contributed by atoms with E-state index in [4.69, 9.17) is 0 Å². The van der Waals surface area contributed by atoms with Crippen molar-refractivity contribution in [1.29, 1.82) is 0 Å². The molecule has 0 radical (unpaired) electrons. The van der Waals surface area contributed by atoms with Crippen molar-refractivity contribution in [3.63, 3.8) is 0 Å². The molecule has 5 nitrogen and oxygen atoms in total. The third-order valence-corrected chi connectivity index (χ3v) is 3.99. The predicted octanol–water partition coefficient (Wildman–Crippen LogP) is 0.747. The maximum atomic E-state index is 12.1. The van der Waals surface area contributed by atoms with Crippen LogP contribution in [0.4, 0.5) is 5.82 Å². The topological polar surface area (TPSA) is 59.0 Å². The van der Waals surface area contributed by atoms with E-state index in [1.54, 1.807) is 4.68 Å². The van der Waals surface area contributed by atoms with Gasteiger partial charge in [0.2, 0.25) is 5.91 Å². The zero-order chi connectivity index (χ0) is 11.8. The summed E-state index contributed by atoms with van der Waals surface area (Å²) in [5.41, 5.74) is 0. The fourth-order valence-corrected chi connectivity index (χ4v) is 3.16. The van der Waals surface area contributed by atoms with Crippen molar-refractivity contribution >= 4 is 11.7 Å². The molecule has 3 atom stereocenters. The molecule has 1 saturated heterocycles. The van der Waals surface area contributed by atoms with Crippen LogP contribution < -0.4 is 10.6 Å². The summed E-state index contributed by atoms with van der Waals surface area (Å²) in [6, 6.07) is 1.79. The summed E-state index contributed by atoms with van der Waals surface area (Å²) in [6.45, 7) is 0.991. The Morgan fingerprint density at radius 1 is 1.59 bits per heavy atom. The Kier molecular flexibility index (Phi) is 2.63. The van der Waals surface area contributed by atoms with Crippen LogP contribution in [0.2, 0.25) is 0 Å². The molecule has 2 N–H and O–H groups in total. The minimum absolute atomic E-state index is 0.0236. The van der Waals surface area contributed by atoms with Crippen molar-refractivity contribution in [1.82, 2.24) is 15.1 Å². The number of rotatable bonds is 2. The zero-order valence-electron chi connectivity index (χ0n) is 10.0. The number of amides is 1. The molecule has 0 aromatic carbocycles. The van der Waals surface area contributed by atoms with Crippen LogP contribution >= 0.6 is 0 Å². The normalized spacial score (nSPS) is 31.5. The van der Waals surface area contributed by atoms with Crippen molar-refractivity contribution in [3.05, 3.63) is 12.3 Å². The van der Waals surface area contributed by atoms with Gasteiger partial charge in [0.1, 0.15) is 0 Å². The van der Waals surface area contributed by atoms with E-state index in [1.807, 2.05) is 19.3 Å². The van der Waals surface area contributed by atoms with Gasteiger partial charge in [-0.25, -0.2) is 0 Å². The van der Waals surface area contributed by atoms with Gasteiger partial charge in [0.05, 0.1) is 6.04 Å². The second kappa shape index (κ2) is 4.14. The van der Waals surface area contributed by atoms with Gasteiger partial charge in [0.25, 0.3) is 0 Å². The van der Waals surface area contributed by atoms with E-state index in [-0.39, 0.29) is 11.9 Å². The first-order valence-corrected chi connectivity index (χ1v) is 6.28. The van der Waals surface area contributed by atoms with Gasteiger partial charge in [-0.3, -0.25) is 9.48 Å². The van der Waals surface area contributed by atoms with Crippen LogP contribution in [0.1, 0.15) is 19.3 Å². The number of nitrogens with zero attached hydrogens (tertiary/aromatic N) is 2. The molecule has 0 bridgehead atoms. The number of anilines is 1. The Bertz CT molecular complexity index is 428. The SMILES string of the molecule is Cn1ccc(NC(=O)C2NCC3CCCC32)n1. The lowest BCUT2D eigenvalue weighted by molar-refractivity contribution is -0.118. The zero-order valence-corrected chi connectivity index (χ0v) is 10.0. The third kappa shape index (κ3) is 1.95. The van der Waals surface area contributed by atoms with Crippen molar-refractivity contribution in [2.45, 2.75) is 25.3 Å². The summed E-state index contributed by atoms with van der Waals surface area (Å²) < 4.78 is 1.69. The van der Waals surface area contributed by atoms with Gasteiger partial charge in [-0.2, -0.15) is 5.10 Å². The summed E-state index contributed by atoms with van der Waals surface area (Å²) in [5.74, 6) is 1.94. The molecule has 17 heavy (non-hydrogen) atoms. The van der Waals surface area contributed by atoms with Crippen LogP contribution in [0.15, 0.2) is 12.3 Å². The molecular weight excluding hydrogens is 216 g/mol. The molecule has 1 aliphatic carbocycles. The molecule has 1 aromatic rings. The standard InChI is InChI=1S/C12H18N4O/c1-16-6-5-10(15-16)14-12(17)11-9-4-2-3-8(9)7-13-11/h5-6,8-9,11,13H,2-4,7H2,1H3,(H,14,15,17). The number of fused-ring (bicyclic) bond motifs is 1. The first-order valence-electron chi connectivity index (χ1n) is 6.28. The summed E-state index contributed by atoms with van der Waals surface area (Å²) in [4.78, 5) is 12.1. The van der Waals surface area contributed by atoms with E-state index >= 15 is 0 Å². The third-order valence-electron chi connectivity index (χ3n) is 3.99. The van der Waals surface area contributed by atoms with Crippen molar-refractivity contribution < 1.29 is 4.79 Å². The van der Waals surface area contributed by atoms with Crippen LogP contribution in [0.5, 0.6) is 0 Å². The lowest BCUT2D eigenvalue weighted by Gasteiger charge is -2.16. The van der Waals surface area contributed by atoms with Crippen LogP contribution in [-0.2, 0) is 11.8 Å². The number of hydrogen-bond acceptors (Lipinski definition) is 3. The van der Waals surface area contributed by atoms with Gasteiger partial charge in [-0.1, -0.05) is 6.42 Å². The molecule has 1 aromatic heterocycles. The van der Waals surface area contributed by atoms with E-state index in [0.717, 1.165) is 6.54 Å². The van der Waals surface area contributed by atoms with Crippen molar-refractivity contribution in [2.75, 3.05) is 11.9 Å². The largest absolute Gasteiger partial charge is 0.308 e. The van der Waals surface area contributed by atoms with E-state index in [9.17, 15) is 4.79 Å². The summed E-state index contributed by atoms with van der Waals surface area (Å²) in [6.07, 6.45) is 5.55. The average Bonchev–Trinajstić information content (AvgIpc) is 2.93. The van der Waals surface area contributed by atoms with Crippen LogP contribution in [-0.4, -0.2) is 28.3 Å². The molecule has 1 amide bonds. The molecule has 2 aliphatic rings. The van der Waals surface area contributed by atoms with E-state index in [1.165, 1.54) is 19.3 Å². The molecule has 1 saturated carbocycles. The summed E-state index contributed by atoms with van der Waals surface area (Å²) in [5, 5.41) is 10.4. The first-order chi connectivity index (χ1) is 8.24. The highest BCUT2D eigenvalue weighted by Gasteiger charge is 2.42. The molecule has 3 rings (SSSR count). The molecule has 2 heterocycles. The molecule has 3 unspecified atom stereocenters. The molecule has 0 spiro atoms. The van der Waals surface area contributed by atoms with E-state index in [0.29, 0.717) is 17.7 Å². The van der Waals surface area contributed by atoms with Crippen molar-refractivity contribution in [2.24, 2.45) is 18.9 Å². The number of nitrogens with one attached hydrogen (secondary N) is 2. The van der Waals surface area contributed by atoms with Gasteiger partial charge in [-0.05, 0) is 31.2 Å². The smallest absolute Gasteiger partial charge is 0.243 e. The monoisotopic (exact) mass is 234 g/mol. The molecule has 1 aliphatic heterocycles. The quantitative estimate of drug-likeness (QED) is 0.793. The first kappa shape index (κ1) is 10.8. The van der Waals surface area contributed by atoms with Crippen LogP contribution in [0.25, 0.3) is 0 Å². The Labute approximate surface area is 101 Å². The van der Waals surface area contributed by atoms with E-state index in [2.05, 4.69) is 15.7 Å². The second-order valence-corrected chi connectivity index (χ2v) is 5.10. The predicted molar refractivity (Wildman–Crippen MR) is 64.5 cm³/mol. The van der Waals surface area contributed by atoms with Gasteiger partial charge in [0.15, 0.2) is 5.82 Å². The molecule has 5 heteroatoms. The van der Waals surface area contributed by atoms with Crippen LogP contribution in [0, 0.1) is 11.8 Å². The van der Waals surface area contributed by atoms with Gasteiger partial charge >= 0.3 is 0 Å². The number of aryl methyl sites for hydroxylation is 1. The maximum Gasteiger partial charge on any atom is 0.243 e. The number of aromatic nitrogens is 2.